The van der Waals surface area contributed by atoms with Crippen LogP contribution >= 0.6 is 0 Å². The topological polar surface area (TPSA) is 52.6 Å². The molecule has 0 aliphatic carbocycles. The van der Waals surface area contributed by atoms with Gasteiger partial charge in [0.1, 0.15) is 5.69 Å². The van der Waals surface area contributed by atoms with Crippen LogP contribution in [0.15, 0.2) is 6.07 Å². The Balaban J connectivity index is 1.85. The lowest BCUT2D eigenvalue weighted by molar-refractivity contribution is 0.0658. The molecular weight excluding hydrogens is 314 g/mol. The predicted molar refractivity (Wildman–Crippen MR) is 100 cm³/mol. The van der Waals surface area contributed by atoms with Crippen molar-refractivity contribution in [2.24, 2.45) is 0 Å². The number of anilines is 1. The van der Waals surface area contributed by atoms with Gasteiger partial charge in [-0.2, -0.15) is 0 Å². The number of aromatic nitrogens is 2. The Hall–Kier alpha value is -1.69. The van der Waals surface area contributed by atoms with Crippen LogP contribution in [0.2, 0.25) is 0 Å². The van der Waals surface area contributed by atoms with Gasteiger partial charge in [0.15, 0.2) is 0 Å². The third kappa shape index (κ3) is 4.48. The van der Waals surface area contributed by atoms with Gasteiger partial charge in [-0.1, -0.05) is 26.7 Å². The summed E-state index contributed by atoms with van der Waals surface area (Å²) in [4.78, 5) is 28.9. The fourth-order valence-electron chi connectivity index (χ4n) is 3.44. The molecular formula is C19H31N5O. The molecule has 0 saturated carbocycles. The van der Waals surface area contributed by atoms with E-state index >= 15 is 0 Å². The quantitative estimate of drug-likeness (QED) is 0.842. The molecule has 0 unspecified atom stereocenters. The average Bonchev–Trinajstić information content (AvgIpc) is 2.91. The van der Waals surface area contributed by atoms with E-state index in [1.807, 2.05) is 11.0 Å². The number of carbonyl (C=O) groups excluding carboxylic acids is 1. The molecule has 138 valence electrons. The van der Waals surface area contributed by atoms with E-state index in [0.717, 1.165) is 50.9 Å². The second-order valence-corrected chi connectivity index (χ2v) is 7.63. The lowest BCUT2D eigenvalue weighted by Gasteiger charge is -2.32. The zero-order valence-corrected chi connectivity index (χ0v) is 15.9. The van der Waals surface area contributed by atoms with Crippen molar-refractivity contribution in [3.8, 4) is 0 Å². The summed E-state index contributed by atoms with van der Waals surface area (Å²) in [5.74, 6) is 1.08. The highest BCUT2D eigenvalue weighted by Crippen LogP contribution is 2.21. The molecule has 1 aromatic heterocycles. The van der Waals surface area contributed by atoms with Gasteiger partial charge in [0, 0.05) is 45.0 Å². The summed E-state index contributed by atoms with van der Waals surface area (Å²) in [7, 11) is 2.10. The second kappa shape index (κ2) is 8.13. The Bertz CT molecular complexity index is 587. The Morgan fingerprint density at radius 3 is 2.20 bits per heavy atom. The zero-order chi connectivity index (χ0) is 17.8. The van der Waals surface area contributed by atoms with Gasteiger partial charge in [0.25, 0.3) is 5.91 Å². The first-order valence-electron chi connectivity index (χ1n) is 9.66. The van der Waals surface area contributed by atoms with E-state index in [0.29, 0.717) is 5.69 Å². The molecule has 6 nitrogen and oxygen atoms in total. The van der Waals surface area contributed by atoms with E-state index in [1.165, 1.54) is 25.7 Å². The normalized spacial score (nSPS) is 20.0. The molecule has 2 aliphatic heterocycles. The zero-order valence-electron chi connectivity index (χ0n) is 15.9. The summed E-state index contributed by atoms with van der Waals surface area (Å²) in [5.41, 5.74) is 1.52. The molecule has 1 aromatic rings. The van der Waals surface area contributed by atoms with Crippen molar-refractivity contribution in [1.29, 1.82) is 0 Å². The van der Waals surface area contributed by atoms with Crippen LogP contribution in [0.25, 0.3) is 0 Å². The van der Waals surface area contributed by atoms with Crippen molar-refractivity contribution < 1.29 is 4.79 Å². The van der Waals surface area contributed by atoms with Crippen molar-refractivity contribution in [3.05, 3.63) is 17.5 Å². The maximum atomic E-state index is 13.0. The van der Waals surface area contributed by atoms with Crippen LogP contribution in [0.3, 0.4) is 0 Å². The first-order chi connectivity index (χ1) is 12.0. The molecule has 1 amide bonds. The van der Waals surface area contributed by atoms with Crippen LogP contribution in [0.1, 0.15) is 61.6 Å². The largest absolute Gasteiger partial charge is 0.341 e. The Morgan fingerprint density at radius 1 is 0.960 bits per heavy atom. The molecule has 25 heavy (non-hydrogen) atoms. The van der Waals surface area contributed by atoms with Gasteiger partial charge < -0.3 is 14.7 Å². The van der Waals surface area contributed by atoms with Crippen molar-refractivity contribution >= 4 is 11.9 Å². The number of hydrogen-bond acceptors (Lipinski definition) is 5. The smallest absolute Gasteiger partial charge is 0.272 e. The summed E-state index contributed by atoms with van der Waals surface area (Å²) >= 11 is 0. The first kappa shape index (κ1) is 18.1. The SMILES string of the molecule is CC(C)c1cc(C(=O)N2CCN(C)CC2)nc(N2CCCCCC2)n1. The van der Waals surface area contributed by atoms with Crippen LogP contribution in [0.4, 0.5) is 5.95 Å². The highest BCUT2D eigenvalue weighted by atomic mass is 16.2. The summed E-state index contributed by atoms with van der Waals surface area (Å²) in [6, 6.07) is 1.90. The van der Waals surface area contributed by atoms with E-state index in [1.54, 1.807) is 0 Å². The summed E-state index contributed by atoms with van der Waals surface area (Å²) in [6.45, 7) is 9.62. The molecule has 2 saturated heterocycles. The van der Waals surface area contributed by atoms with Gasteiger partial charge in [-0.25, -0.2) is 9.97 Å². The summed E-state index contributed by atoms with van der Waals surface area (Å²) in [5, 5.41) is 0. The highest BCUT2D eigenvalue weighted by Gasteiger charge is 2.24. The van der Waals surface area contributed by atoms with Gasteiger partial charge in [0.2, 0.25) is 5.95 Å². The third-order valence-corrected chi connectivity index (χ3v) is 5.22. The van der Waals surface area contributed by atoms with Crippen LogP contribution in [-0.4, -0.2) is 72.0 Å². The third-order valence-electron chi connectivity index (χ3n) is 5.22. The van der Waals surface area contributed by atoms with Gasteiger partial charge in [0.05, 0.1) is 0 Å². The molecule has 0 N–H and O–H groups in total. The van der Waals surface area contributed by atoms with Crippen molar-refractivity contribution in [2.45, 2.75) is 45.4 Å². The minimum absolute atomic E-state index is 0.0495. The second-order valence-electron chi connectivity index (χ2n) is 7.63. The Labute approximate surface area is 151 Å². The van der Waals surface area contributed by atoms with Gasteiger partial charge >= 0.3 is 0 Å². The number of hydrogen-bond donors (Lipinski definition) is 0. The molecule has 2 aliphatic rings. The number of piperazine rings is 1. The van der Waals surface area contributed by atoms with Crippen molar-refractivity contribution in [2.75, 3.05) is 51.2 Å². The fourth-order valence-corrected chi connectivity index (χ4v) is 3.44. The minimum Gasteiger partial charge on any atom is -0.341 e. The van der Waals surface area contributed by atoms with Crippen LogP contribution in [0.5, 0.6) is 0 Å². The molecule has 0 radical (unpaired) electrons. The van der Waals surface area contributed by atoms with E-state index < -0.39 is 0 Å². The molecule has 0 aromatic carbocycles. The lowest BCUT2D eigenvalue weighted by atomic mass is 10.1. The van der Waals surface area contributed by atoms with Crippen LogP contribution < -0.4 is 4.90 Å². The Morgan fingerprint density at radius 2 is 1.60 bits per heavy atom. The fraction of sp³-hybridized carbons (Fsp3) is 0.737. The monoisotopic (exact) mass is 345 g/mol. The van der Waals surface area contributed by atoms with Crippen molar-refractivity contribution in [1.82, 2.24) is 19.8 Å². The summed E-state index contributed by atoms with van der Waals surface area (Å²) < 4.78 is 0. The van der Waals surface area contributed by atoms with E-state index in [9.17, 15) is 4.79 Å². The lowest BCUT2D eigenvalue weighted by Crippen LogP contribution is -2.47. The minimum atomic E-state index is 0.0495. The first-order valence-corrected chi connectivity index (χ1v) is 9.66. The standard InChI is InChI=1S/C19H31N5O/c1-15(2)16-14-17(18(25)23-12-10-22(3)11-13-23)21-19(20-16)24-8-6-4-5-7-9-24/h14-15H,4-13H2,1-3H3. The number of likely N-dealkylation sites (N-methyl/N-ethyl adjacent to an activating group) is 1. The number of amides is 1. The van der Waals surface area contributed by atoms with Gasteiger partial charge in [-0.15, -0.1) is 0 Å². The van der Waals surface area contributed by atoms with Gasteiger partial charge in [-0.05, 0) is 31.9 Å². The molecule has 0 bridgehead atoms. The van der Waals surface area contributed by atoms with Crippen LogP contribution in [0, 0.1) is 0 Å². The van der Waals surface area contributed by atoms with Gasteiger partial charge in [-0.3, -0.25) is 4.79 Å². The van der Waals surface area contributed by atoms with E-state index in [-0.39, 0.29) is 11.8 Å². The molecule has 3 rings (SSSR count). The Kier molecular flexibility index (Phi) is 5.89. The molecule has 3 heterocycles. The highest BCUT2D eigenvalue weighted by molar-refractivity contribution is 5.92. The molecule has 0 atom stereocenters. The number of nitrogens with zero attached hydrogens (tertiary/aromatic N) is 5. The van der Waals surface area contributed by atoms with Crippen LogP contribution in [-0.2, 0) is 0 Å². The maximum Gasteiger partial charge on any atom is 0.272 e. The maximum absolute atomic E-state index is 13.0. The molecule has 2 fully saturated rings. The number of rotatable bonds is 3. The molecule has 6 heteroatoms. The predicted octanol–water partition coefficient (Wildman–Crippen LogP) is 2.37. The average molecular weight is 345 g/mol. The van der Waals surface area contributed by atoms with E-state index in [2.05, 4.69) is 35.7 Å². The summed E-state index contributed by atoms with van der Waals surface area (Å²) in [6.07, 6.45) is 4.90. The van der Waals surface area contributed by atoms with Crippen molar-refractivity contribution in [3.63, 3.8) is 0 Å². The van der Waals surface area contributed by atoms with E-state index in [4.69, 9.17) is 4.98 Å². The number of carbonyl (C=O) groups is 1. The molecule has 0 spiro atoms.